The van der Waals surface area contributed by atoms with Crippen molar-refractivity contribution >= 4 is 23.3 Å². The summed E-state index contributed by atoms with van der Waals surface area (Å²) in [5.41, 5.74) is 3.74. The molecule has 2 aromatic carbocycles. The lowest BCUT2D eigenvalue weighted by Crippen LogP contribution is -2.33. The maximum atomic E-state index is 12.7. The van der Waals surface area contributed by atoms with E-state index >= 15 is 0 Å². The maximum absolute atomic E-state index is 12.7. The fourth-order valence-corrected chi connectivity index (χ4v) is 3.23. The summed E-state index contributed by atoms with van der Waals surface area (Å²) in [5, 5.41) is 0. The van der Waals surface area contributed by atoms with E-state index in [9.17, 15) is 9.59 Å². The molecule has 1 aliphatic heterocycles. The van der Waals surface area contributed by atoms with Gasteiger partial charge in [0.2, 0.25) is 5.91 Å². The number of para-hydroxylation sites is 1. The van der Waals surface area contributed by atoms with Crippen molar-refractivity contribution in [2.24, 2.45) is 4.99 Å². The number of carbonyl (C=O) groups excluding carboxylic acids is 2. The topological polar surface area (TPSA) is 59.0 Å². The largest absolute Gasteiger partial charge is 0.466 e. The number of esters is 1. The third kappa shape index (κ3) is 4.74. The van der Waals surface area contributed by atoms with Gasteiger partial charge in [-0.25, -0.2) is 4.79 Å². The number of amides is 1. The number of methoxy groups -OCH3 is 1. The van der Waals surface area contributed by atoms with Gasteiger partial charge in [-0.15, -0.1) is 0 Å². The number of ether oxygens (including phenoxy) is 1. The first-order valence-electron chi connectivity index (χ1n) is 9.45. The summed E-state index contributed by atoms with van der Waals surface area (Å²) in [5.74, 6) is -0.342. The van der Waals surface area contributed by atoms with E-state index in [0.717, 1.165) is 41.8 Å². The molecule has 0 spiro atoms. The highest BCUT2D eigenvalue weighted by Gasteiger charge is 2.24. The average Bonchev–Trinajstić information content (AvgIpc) is 2.87. The standard InChI is InChI=1S/C23H24N2O3/c1-28-22(27)15-7-2-3-10-16-25-20-14-9-8-13-19(20)23(24-17-21(25)26)18-11-5-4-6-12-18/h4-9,11-15H,2-3,10,16-17H2,1H3/b15-7+. The molecular formula is C23H24N2O3. The molecule has 5 nitrogen and oxygen atoms in total. The molecule has 0 radical (unpaired) electrons. The Hall–Kier alpha value is -3.21. The van der Waals surface area contributed by atoms with Crippen molar-refractivity contribution in [3.63, 3.8) is 0 Å². The second-order valence-electron chi connectivity index (χ2n) is 6.51. The van der Waals surface area contributed by atoms with E-state index in [0.29, 0.717) is 6.54 Å². The summed E-state index contributed by atoms with van der Waals surface area (Å²) < 4.78 is 4.57. The lowest BCUT2D eigenvalue weighted by Gasteiger charge is -2.23. The average molecular weight is 376 g/mol. The Morgan fingerprint density at radius 2 is 1.86 bits per heavy atom. The number of allylic oxidation sites excluding steroid dienone is 1. The molecule has 144 valence electrons. The van der Waals surface area contributed by atoms with E-state index in [1.165, 1.54) is 13.2 Å². The van der Waals surface area contributed by atoms with E-state index in [1.54, 1.807) is 6.08 Å². The highest BCUT2D eigenvalue weighted by Crippen LogP contribution is 2.27. The van der Waals surface area contributed by atoms with Crippen LogP contribution in [0.2, 0.25) is 0 Å². The molecule has 1 amide bonds. The first-order valence-corrected chi connectivity index (χ1v) is 9.45. The molecule has 0 aromatic heterocycles. The molecule has 0 unspecified atom stereocenters. The molecule has 28 heavy (non-hydrogen) atoms. The van der Waals surface area contributed by atoms with Gasteiger partial charge in [-0.1, -0.05) is 54.6 Å². The zero-order valence-electron chi connectivity index (χ0n) is 16.0. The molecule has 0 saturated heterocycles. The molecular weight excluding hydrogens is 352 g/mol. The van der Waals surface area contributed by atoms with Crippen LogP contribution in [0, 0.1) is 0 Å². The molecule has 1 heterocycles. The van der Waals surface area contributed by atoms with Crippen LogP contribution in [-0.4, -0.2) is 37.8 Å². The van der Waals surface area contributed by atoms with Crippen LogP contribution in [0.5, 0.6) is 0 Å². The normalized spacial score (nSPS) is 13.8. The number of unbranched alkanes of at least 4 members (excludes halogenated alkanes) is 2. The predicted octanol–water partition coefficient (Wildman–Crippen LogP) is 3.77. The fraction of sp³-hybridized carbons (Fsp3) is 0.261. The Labute approximate surface area is 165 Å². The van der Waals surface area contributed by atoms with Crippen molar-refractivity contribution in [1.82, 2.24) is 0 Å². The first kappa shape index (κ1) is 19.5. The van der Waals surface area contributed by atoms with Crippen molar-refractivity contribution in [3.8, 4) is 0 Å². The second-order valence-corrected chi connectivity index (χ2v) is 6.51. The van der Waals surface area contributed by atoms with Crippen LogP contribution in [0.4, 0.5) is 5.69 Å². The molecule has 5 heteroatoms. The molecule has 2 aromatic rings. The third-order valence-electron chi connectivity index (χ3n) is 4.63. The number of rotatable bonds is 7. The smallest absolute Gasteiger partial charge is 0.330 e. The summed E-state index contributed by atoms with van der Waals surface area (Å²) in [6.45, 7) is 0.765. The number of benzodiazepines with no additional fused rings is 1. The van der Waals surface area contributed by atoms with E-state index in [4.69, 9.17) is 0 Å². The Morgan fingerprint density at radius 1 is 1.11 bits per heavy atom. The van der Waals surface area contributed by atoms with Gasteiger partial charge in [0, 0.05) is 23.7 Å². The Bertz CT molecular complexity index is 888. The molecule has 0 fully saturated rings. The predicted molar refractivity (Wildman–Crippen MR) is 111 cm³/mol. The summed E-state index contributed by atoms with van der Waals surface area (Å²) >= 11 is 0. The lowest BCUT2D eigenvalue weighted by atomic mass is 10.00. The number of fused-ring (bicyclic) bond motifs is 1. The zero-order chi connectivity index (χ0) is 19.8. The van der Waals surface area contributed by atoms with Crippen LogP contribution in [0.1, 0.15) is 30.4 Å². The van der Waals surface area contributed by atoms with Crippen molar-refractivity contribution in [3.05, 3.63) is 77.9 Å². The van der Waals surface area contributed by atoms with Crippen LogP contribution in [0.3, 0.4) is 0 Å². The molecule has 0 N–H and O–H groups in total. The van der Waals surface area contributed by atoms with Gasteiger partial charge in [0.05, 0.1) is 18.5 Å². The minimum atomic E-state index is -0.345. The van der Waals surface area contributed by atoms with Crippen molar-refractivity contribution in [2.75, 3.05) is 25.1 Å². The second kappa shape index (κ2) is 9.65. The van der Waals surface area contributed by atoms with Gasteiger partial charge in [0.25, 0.3) is 0 Å². The van der Waals surface area contributed by atoms with Crippen LogP contribution >= 0.6 is 0 Å². The summed E-state index contributed by atoms with van der Waals surface area (Å²) in [7, 11) is 1.36. The summed E-state index contributed by atoms with van der Waals surface area (Å²) in [6.07, 6.45) is 5.73. The Kier molecular flexibility index (Phi) is 6.73. The molecule has 0 aliphatic carbocycles. The highest BCUT2D eigenvalue weighted by atomic mass is 16.5. The van der Waals surface area contributed by atoms with Gasteiger partial charge in [0.15, 0.2) is 0 Å². The minimum Gasteiger partial charge on any atom is -0.466 e. The highest BCUT2D eigenvalue weighted by molar-refractivity contribution is 6.19. The first-order chi connectivity index (χ1) is 13.7. The van der Waals surface area contributed by atoms with Gasteiger partial charge in [-0.3, -0.25) is 9.79 Å². The molecule has 0 bridgehead atoms. The van der Waals surface area contributed by atoms with Crippen LogP contribution < -0.4 is 4.90 Å². The molecule has 0 saturated carbocycles. The van der Waals surface area contributed by atoms with E-state index in [-0.39, 0.29) is 18.4 Å². The number of carbonyl (C=O) groups is 2. The van der Waals surface area contributed by atoms with Gasteiger partial charge in [0.1, 0.15) is 6.54 Å². The summed E-state index contributed by atoms with van der Waals surface area (Å²) in [4.78, 5) is 30.3. The minimum absolute atomic E-state index is 0.00323. The number of anilines is 1. The fourth-order valence-electron chi connectivity index (χ4n) is 3.23. The molecule has 3 rings (SSSR count). The van der Waals surface area contributed by atoms with Crippen molar-refractivity contribution in [1.29, 1.82) is 0 Å². The number of nitrogens with zero attached hydrogens (tertiary/aromatic N) is 2. The van der Waals surface area contributed by atoms with Crippen molar-refractivity contribution < 1.29 is 14.3 Å². The third-order valence-corrected chi connectivity index (χ3v) is 4.63. The van der Waals surface area contributed by atoms with E-state index in [1.807, 2.05) is 59.5 Å². The number of aliphatic imine (C=N–C) groups is 1. The zero-order valence-corrected chi connectivity index (χ0v) is 16.0. The van der Waals surface area contributed by atoms with Crippen molar-refractivity contribution in [2.45, 2.75) is 19.3 Å². The van der Waals surface area contributed by atoms with Crippen LogP contribution in [0.15, 0.2) is 71.7 Å². The monoisotopic (exact) mass is 376 g/mol. The van der Waals surface area contributed by atoms with Gasteiger partial charge in [-0.2, -0.15) is 0 Å². The van der Waals surface area contributed by atoms with E-state index in [2.05, 4.69) is 9.73 Å². The molecule has 0 atom stereocenters. The number of hydrogen-bond donors (Lipinski definition) is 0. The number of benzene rings is 2. The van der Waals surface area contributed by atoms with Gasteiger partial charge in [-0.05, 0) is 25.3 Å². The lowest BCUT2D eigenvalue weighted by molar-refractivity contribution is -0.134. The van der Waals surface area contributed by atoms with Gasteiger partial charge >= 0.3 is 5.97 Å². The molecule has 1 aliphatic rings. The van der Waals surface area contributed by atoms with Gasteiger partial charge < -0.3 is 9.64 Å². The maximum Gasteiger partial charge on any atom is 0.330 e. The SMILES string of the molecule is COC(=O)/C=C/CCCCN1C(=O)CN=C(c2ccccc2)c2ccccc21. The Morgan fingerprint density at radius 3 is 2.64 bits per heavy atom. The van der Waals surface area contributed by atoms with Crippen LogP contribution in [0.25, 0.3) is 0 Å². The number of hydrogen-bond acceptors (Lipinski definition) is 4. The van der Waals surface area contributed by atoms with Crippen LogP contribution in [-0.2, 0) is 14.3 Å². The summed E-state index contributed by atoms with van der Waals surface area (Å²) in [6, 6.07) is 17.9. The Balaban J connectivity index is 1.73. The van der Waals surface area contributed by atoms with E-state index < -0.39 is 0 Å². The quantitative estimate of drug-likeness (QED) is 0.420.